The van der Waals surface area contributed by atoms with Crippen LogP contribution in [0.2, 0.25) is 0 Å². The second-order valence-corrected chi connectivity index (χ2v) is 6.53. The highest BCUT2D eigenvalue weighted by Gasteiger charge is 2.17. The summed E-state index contributed by atoms with van der Waals surface area (Å²) in [6.45, 7) is 4.22. The molecule has 0 unspecified atom stereocenters. The molecule has 3 heteroatoms. The Morgan fingerprint density at radius 3 is 2.77 bits per heavy atom. The number of hydrogen-bond acceptors (Lipinski definition) is 3. The summed E-state index contributed by atoms with van der Waals surface area (Å²) >= 11 is 0. The van der Waals surface area contributed by atoms with Gasteiger partial charge < -0.3 is 10.2 Å². The largest absolute Gasteiger partial charge is 0.383 e. The van der Waals surface area contributed by atoms with Crippen LogP contribution in [-0.2, 0) is 0 Å². The monoisotopic (exact) mass is 297 g/mol. The predicted octanol–water partition coefficient (Wildman–Crippen LogP) is 4.22. The number of aromatic nitrogens is 1. The number of anilines is 1. The van der Waals surface area contributed by atoms with E-state index in [0.717, 1.165) is 24.6 Å². The van der Waals surface area contributed by atoms with Gasteiger partial charge in [-0.2, -0.15) is 0 Å². The first-order valence-electron chi connectivity index (χ1n) is 8.54. The lowest BCUT2D eigenvalue weighted by molar-refractivity contribution is 0.198. The molecule has 0 bridgehead atoms. The van der Waals surface area contributed by atoms with Crippen LogP contribution in [-0.4, -0.2) is 36.1 Å². The maximum absolute atomic E-state index is 4.51. The fraction of sp³-hybridized carbons (Fsp3) is 0.526. The quantitative estimate of drug-likeness (QED) is 0.895. The van der Waals surface area contributed by atoms with Gasteiger partial charge in [-0.15, -0.1) is 0 Å². The minimum atomic E-state index is 0.783. The van der Waals surface area contributed by atoms with Crippen molar-refractivity contribution in [1.29, 1.82) is 0 Å². The van der Waals surface area contributed by atoms with E-state index in [1.165, 1.54) is 48.7 Å². The molecule has 2 aromatic rings. The predicted molar refractivity (Wildman–Crippen MR) is 94.5 cm³/mol. The Morgan fingerprint density at radius 2 is 1.95 bits per heavy atom. The number of pyridine rings is 1. The van der Waals surface area contributed by atoms with Gasteiger partial charge in [-0.25, -0.2) is 0 Å². The first-order chi connectivity index (χ1) is 10.8. The third-order valence-corrected chi connectivity index (χ3v) is 4.93. The van der Waals surface area contributed by atoms with Gasteiger partial charge in [0.25, 0.3) is 0 Å². The van der Waals surface area contributed by atoms with Crippen LogP contribution in [0.25, 0.3) is 10.9 Å². The highest BCUT2D eigenvalue weighted by Crippen LogP contribution is 2.25. The number of aryl methyl sites for hydroxylation is 1. The number of fused-ring (bicyclic) bond motifs is 1. The maximum atomic E-state index is 4.51. The van der Waals surface area contributed by atoms with Crippen LogP contribution >= 0.6 is 0 Å². The summed E-state index contributed by atoms with van der Waals surface area (Å²) in [5, 5.41) is 4.87. The van der Waals surface area contributed by atoms with E-state index in [9.17, 15) is 0 Å². The third-order valence-electron chi connectivity index (χ3n) is 4.93. The first-order valence-corrected chi connectivity index (χ1v) is 8.54. The van der Waals surface area contributed by atoms with E-state index < -0.39 is 0 Å². The minimum Gasteiger partial charge on any atom is -0.383 e. The lowest BCUT2D eigenvalue weighted by Gasteiger charge is -2.31. The molecule has 0 radical (unpaired) electrons. The molecule has 22 heavy (non-hydrogen) atoms. The van der Waals surface area contributed by atoms with E-state index in [1.54, 1.807) is 0 Å². The lowest BCUT2D eigenvalue weighted by atomic mass is 9.94. The van der Waals surface area contributed by atoms with Crippen LogP contribution in [0.1, 0.15) is 37.7 Å². The van der Waals surface area contributed by atoms with Crippen molar-refractivity contribution in [3.8, 4) is 0 Å². The van der Waals surface area contributed by atoms with Gasteiger partial charge >= 0.3 is 0 Å². The fourth-order valence-electron chi connectivity index (χ4n) is 3.54. The zero-order chi connectivity index (χ0) is 15.4. The molecular weight excluding hydrogens is 270 g/mol. The highest BCUT2D eigenvalue weighted by atomic mass is 15.1. The average molecular weight is 297 g/mol. The topological polar surface area (TPSA) is 28.2 Å². The van der Waals surface area contributed by atoms with Crippen LogP contribution in [0, 0.1) is 6.92 Å². The zero-order valence-corrected chi connectivity index (χ0v) is 13.8. The Balaban J connectivity index is 1.63. The fourth-order valence-corrected chi connectivity index (χ4v) is 3.54. The number of nitrogens with one attached hydrogen (secondary N) is 1. The summed E-state index contributed by atoms with van der Waals surface area (Å²) in [7, 11) is 2.27. The van der Waals surface area contributed by atoms with E-state index in [-0.39, 0.29) is 0 Å². The molecule has 1 heterocycles. The zero-order valence-electron chi connectivity index (χ0n) is 13.8. The number of para-hydroxylation sites is 1. The lowest BCUT2D eigenvalue weighted by Crippen LogP contribution is -2.36. The Hall–Kier alpha value is -1.61. The molecule has 0 aliphatic heterocycles. The van der Waals surface area contributed by atoms with E-state index in [1.807, 2.05) is 12.3 Å². The van der Waals surface area contributed by atoms with Crippen molar-refractivity contribution in [2.24, 2.45) is 0 Å². The van der Waals surface area contributed by atoms with Gasteiger partial charge in [0.1, 0.15) is 0 Å². The van der Waals surface area contributed by atoms with Gasteiger partial charge in [0.15, 0.2) is 0 Å². The van der Waals surface area contributed by atoms with Crippen LogP contribution in [0.4, 0.5) is 5.69 Å². The Morgan fingerprint density at radius 1 is 1.18 bits per heavy atom. The van der Waals surface area contributed by atoms with Gasteiger partial charge in [-0.05, 0) is 38.4 Å². The second kappa shape index (κ2) is 7.10. The maximum Gasteiger partial charge on any atom is 0.0722 e. The highest BCUT2D eigenvalue weighted by molar-refractivity contribution is 5.92. The van der Waals surface area contributed by atoms with Crippen molar-refractivity contribution in [1.82, 2.24) is 9.88 Å². The normalized spacial score (nSPS) is 16.3. The van der Waals surface area contributed by atoms with Crippen molar-refractivity contribution in [2.75, 3.05) is 25.5 Å². The van der Waals surface area contributed by atoms with Crippen LogP contribution < -0.4 is 5.32 Å². The van der Waals surface area contributed by atoms with Gasteiger partial charge in [0, 0.05) is 36.4 Å². The van der Waals surface area contributed by atoms with Crippen molar-refractivity contribution in [3.63, 3.8) is 0 Å². The molecule has 0 spiro atoms. The Bertz CT molecular complexity index is 617. The van der Waals surface area contributed by atoms with Crippen LogP contribution in [0.15, 0.2) is 30.5 Å². The van der Waals surface area contributed by atoms with Crippen LogP contribution in [0.5, 0.6) is 0 Å². The molecule has 1 aromatic carbocycles. The smallest absolute Gasteiger partial charge is 0.0722 e. The van der Waals surface area contributed by atoms with Crippen molar-refractivity contribution in [2.45, 2.75) is 45.1 Å². The molecule has 118 valence electrons. The van der Waals surface area contributed by atoms with Crippen molar-refractivity contribution >= 4 is 16.6 Å². The van der Waals surface area contributed by atoms with Gasteiger partial charge in [-0.1, -0.05) is 37.5 Å². The molecule has 0 atom stereocenters. The molecule has 1 fully saturated rings. The summed E-state index contributed by atoms with van der Waals surface area (Å²) in [4.78, 5) is 7.04. The molecule has 1 saturated carbocycles. The third kappa shape index (κ3) is 3.41. The molecule has 1 aliphatic carbocycles. The van der Waals surface area contributed by atoms with E-state index in [4.69, 9.17) is 0 Å². The van der Waals surface area contributed by atoms with E-state index in [0.29, 0.717) is 0 Å². The molecule has 3 rings (SSSR count). The number of hydrogen-bond donors (Lipinski definition) is 1. The van der Waals surface area contributed by atoms with E-state index >= 15 is 0 Å². The molecule has 3 nitrogen and oxygen atoms in total. The molecule has 0 amide bonds. The Kier molecular flexibility index (Phi) is 4.94. The number of nitrogens with zero attached hydrogens (tertiary/aromatic N) is 2. The summed E-state index contributed by atoms with van der Waals surface area (Å²) < 4.78 is 0. The SMILES string of the molecule is Cc1cnc2ccccc2c1NCCN(C)C1CCCCC1. The van der Waals surface area contributed by atoms with Crippen LogP contribution in [0.3, 0.4) is 0 Å². The minimum absolute atomic E-state index is 0.783. The van der Waals surface area contributed by atoms with Gasteiger partial charge in [0.05, 0.1) is 5.52 Å². The summed E-state index contributed by atoms with van der Waals surface area (Å²) in [6, 6.07) is 9.15. The van der Waals surface area contributed by atoms with E-state index in [2.05, 4.69) is 47.4 Å². The average Bonchev–Trinajstić information content (AvgIpc) is 2.57. The number of benzene rings is 1. The number of likely N-dealkylation sites (N-methyl/N-ethyl adjacent to an activating group) is 1. The Labute approximate surface area is 133 Å². The molecule has 1 aromatic heterocycles. The standard InChI is InChI=1S/C19H27N3/c1-15-14-21-18-11-7-6-10-17(18)19(15)20-12-13-22(2)16-8-4-3-5-9-16/h6-7,10-11,14,16H,3-5,8-9,12-13H2,1-2H3,(H,20,21). The van der Waals surface area contributed by atoms with Gasteiger partial charge in [-0.3, -0.25) is 4.98 Å². The molecular formula is C19H27N3. The first kappa shape index (κ1) is 15.3. The van der Waals surface area contributed by atoms with Crippen molar-refractivity contribution in [3.05, 3.63) is 36.0 Å². The summed E-state index contributed by atoms with van der Waals surface area (Å²) in [5.41, 5.74) is 3.53. The van der Waals surface area contributed by atoms with Gasteiger partial charge in [0.2, 0.25) is 0 Å². The molecule has 1 N–H and O–H groups in total. The number of rotatable bonds is 5. The summed E-state index contributed by atoms with van der Waals surface area (Å²) in [5.74, 6) is 0. The molecule has 0 saturated heterocycles. The molecule has 1 aliphatic rings. The summed E-state index contributed by atoms with van der Waals surface area (Å²) in [6.07, 6.45) is 8.93. The van der Waals surface area contributed by atoms with Crippen molar-refractivity contribution < 1.29 is 0 Å². The second-order valence-electron chi connectivity index (χ2n) is 6.53.